The van der Waals surface area contributed by atoms with Gasteiger partial charge in [-0.25, -0.2) is 24.0 Å². The number of ether oxygens (including phenoxy) is 1. The van der Waals surface area contributed by atoms with E-state index in [9.17, 15) is 0 Å². The van der Waals surface area contributed by atoms with E-state index in [2.05, 4.69) is 60.5 Å². The summed E-state index contributed by atoms with van der Waals surface area (Å²) in [7, 11) is -1.25. The van der Waals surface area contributed by atoms with Gasteiger partial charge < -0.3 is 14.2 Å². The van der Waals surface area contributed by atoms with Crippen LogP contribution in [0.5, 0.6) is 0 Å². The molecule has 0 spiro atoms. The molecule has 5 heterocycles. The Morgan fingerprint density at radius 1 is 1.05 bits per heavy atom. The summed E-state index contributed by atoms with van der Waals surface area (Å²) in [6.45, 7) is 9.91. The van der Waals surface area contributed by atoms with Crippen LogP contribution in [-0.4, -0.2) is 55.5 Å². The van der Waals surface area contributed by atoms with Crippen LogP contribution < -0.4 is 4.90 Å². The predicted molar refractivity (Wildman–Crippen MR) is 164 cm³/mol. The molecule has 1 aromatic carbocycles. The van der Waals surface area contributed by atoms with Crippen LogP contribution in [0.4, 0.5) is 10.1 Å². The smallest absolute Gasteiger partial charge is 0.217 e. The van der Waals surface area contributed by atoms with E-state index >= 15 is 4.39 Å². The van der Waals surface area contributed by atoms with Crippen LogP contribution in [-0.2, 0) is 24.6 Å². The molecule has 4 aromatic heterocycles. The Balaban J connectivity index is 1.35. The molecule has 0 saturated carbocycles. The van der Waals surface area contributed by atoms with Gasteiger partial charge in [-0.2, -0.15) is 0 Å². The van der Waals surface area contributed by atoms with Gasteiger partial charge in [0.2, 0.25) is 4.73 Å². The van der Waals surface area contributed by atoms with Crippen LogP contribution in [0.3, 0.4) is 0 Å². The minimum atomic E-state index is -1.25. The molecule has 0 unspecified atom stereocenters. The quantitative estimate of drug-likeness (QED) is 0.137. The molecular weight excluding hydrogens is 627 g/mol. The number of rotatable bonds is 8. The highest BCUT2D eigenvalue weighted by molar-refractivity contribution is 9.10. The number of hydrogen-bond acceptors (Lipinski definition) is 7. The highest BCUT2D eigenvalue weighted by Crippen LogP contribution is 2.35. The first-order valence-corrected chi connectivity index (χ1v) is 18.2. The monoisotopic (exact) mass is 654 g/mol. The van der Waals surface area contributed by atoms with Crippen molar-refractivity contribution in [1.29, 1.82) is 0 Å². The molecule has 0 fully saturated rings. The van der Waals surface area contributed by atoms with E-state index in [1.54, 1.807) is 12.4 Å². The summed E-state index contributed by atoms with van der Waals surface area (Å²) in [5.74, 6) is 0.490. The maximum absolute atomic E-state index is 15.2. The van der Waals surface area contributed by atoms with Crippen molar-refractivity contribution in [2.45, 2.75) is 45.5 Å². The van der Waals surface area contributed by atoms with Crippen molar-refractivity contribution in [3.05, 3.63) is 70.3 Å². The summed E-state index contributed by atoms with van der Waals surface area (Å²) in [4.78, 5) is 20.9. The maximum Gasteiger partial charge on any atom is 0.217 e. The van der Waals surface area contributed by atoms with Crippen LogP contribution in [0.2, 0.25) is 30.7 Å². The number of nitrogens with zero attached hydrogens (tertiary/aromatic N) is 8. The lowest BCUT2D eigenvalue weighted by molar-refractivity contribution is 0.0882. The third-order valence-corrected chi connectivity index (χ3v) is 9.29. The fraction of sp³-hybridized carbons (Fsp3) is 0.321. The van der Waals surface area contributed by atoms with Gasteiger partial charge in [-0.1, -0.05) is 31.2 Å². The predicted octanol–water partition coefficient (Wildman–Crippen LogP) is 6.64. The Kier molecular flexibility index (Phi) is 7.66. The first kappa shape index (κ1) is 28.0. The number of fused-ring (bicyclic) bond motifs is 2. The SMILES string of the molecule is C[Si](C)(C)CCOCn1cnc(-c2ccc3ncc(N4CCn5nc(Br)nc5C4)cc3n2)c1-c1cc(Cl)ccc1F. The molecule has 13 heteroatoms. The number of halogens is 3. The maximum atomic E-state index is 15.2. The molecule has 5 aromatic rings. The topological polar surface area (TPSA) is 86.8 Å². The normalized spacial score (nSPS) is 13.7. The van der Waals surface area contributed by atoms with Crippen LogP contribution in [0, 0.1) is 5.82 Å². The summed E-state index contributed by atoms with van der Waals surface area (Å²) >= 11 is 9.66. The number of imidazole rings is 1. The van der Waals surface area contributed by atoms with Crippen LogP contribution >= 0.6 is 27.5 Å². The molecule has 0 saturated heterocycles. The van der Waals surface area contributed by atoms with Gasteiger partial charge in [-0.05, 0) is 58.4 Å². The van der Waals surface area contributed by atoms with E-state index in [4.69, 9.17) is 21.3 Å². The fourth-order valence-corrected chi connectivity index (χ4v) is 6.12. The number of benzene rings is 1. The lowest BCUT2D eigenvalue weighted by Crippen LogP contribution is -2.34. The first-order chi connectivity index (χ1) is 19.6. The molecule has 0 atom stereocenters. The molecule has 9 nitrogen and oxygen atoms in total. The summed E-state index contributed by atoms with van der Waals surface area (Å²) in [5.41, 5.74) is 4.47. The first-order valence-electron chi connectivity index (χ1n) is 13.3. The van der Waals surface area contributed by atoms with Gasteiger partial charge in [-0.15, -0.1) is 5.10 Å². The highest BCUT2D eigenvalue weighted by atomic mass is 79.9. The summed E-state index contributed by atoms with van der Waals surface area (Å²) in [5, 5.41) is 4.81. The number of hydrogen-bond donors (Lipinski definition) is 0. The van der Waals surface area contributed by atoms with Crippen molar-refractivity contribution >= 4 is 52.3 Å². The van der Waals surface area contributed by atoms with Crippen molar-refractivity contribution in [2.24, 2.45) is 0 Å². The third kappa shape index (κ3) is 6.06. The lowest BCUT2D eigenvalue weighted by Gasteiger charge is -2.28. The Morgan fingerprint density at radius 3 is 2.73 bits per heavy atom. The van der Waals surface area contributed by atoms with Crippen LogP contribution in [0.1, 0.15) is 5.82 Å². The summed E-state index contributed by atoms with van der Waals surface area (Å²) < 4.78 is 25.5. The zero-order valence-electron chi connectivity index (χ0n) is 23.0. The molecule has 6 rings (SSSR count). The van der Waals surface area contributed by atoms with E-state index in [0.29, 0.717) is 51.1 Å². The summed E-state index contributed by atoms with van der Waals surface area (Å²) in [6.07, 6.45) is 3.52. The van der Waals surface area contributed by atoms with Crippen molar-refractivity contribution in [3.8, 4) is 22.6 Å². The van der Waals surface area contributed by atoms with Gasteiger partial charge in [0.25, 0.3) is 0 Å². The molecule has 1 aliphatic heterocycles. The standard InChI is InChI=1S/C28H29BrClFN8OSi/c1-41(2,3)11-10-40-17-38-16-33-26(27(38)20-12-18(30)4-5-21(20)31)23-7-6-22-24(34-23)13-19(14-32-22)37-8-9-39-25(15-37)35-28(29)36-39/h4-7,12-14,16H,8-11,15,17H2,1-3H3. The van der Waals surface area contributed by atoms with Crippen LogP contribution in [0.25, 0.3) is 33.7 Å². The third-order valence-electron chi connectivity index (χ3n) is 7.02. The number of pyridine rings is 2. The second-order valence-electron chi connectivity index (χ2n) is 11.3. The highest BCUT2D eigenvalue weighted by Gasteiger charge is 2.22. The Labute approximate surface area is 251 Å². The van der Waals surface area contributed by atoms with E-state index < -0.39 is 13.9 Å². The van der Waals surface area contributed by atoms with E-state index in [-0.39, 0.29) is 6.73 Å². The second kappa shape index (κ2) is 11.2. The van der Waals surface area contributed by atoms with Gasteiger partial charge in [0.05, 0.1) is 53.7 Å². The lowest BCUT2D eigenvalue weighted by atomic mass is 10.1. The molecule has 0 bridgehead atoms. The summed E-state index contributed by atoms with van der Waals surface area (Å²) in [6, 6.07) is 11.3. The van der Waals surface area contributed by atoms with Gasteiger partial charge >= 0.3 is 0 Å². The number of anilines is 1. The number of aromatic nitrogens is 7. The van der Waals surface area contributed by atoms with Crippen molar-refractivity contribution in [1.82, 2.24) is 34.3 Å². The molecule has 0 N–H and O–H groups in total. The largest absolute Gasteiger partial charge is 0.361 e. The van der Waals surface area contributed by atoms with Gasteiger partial charge in [0.1, 0.15) is 24.1 Å². The molecule has 0 aliphatic carbocycles. The van der Waals surface area contributed by atoms with Crippen molar-refractivity contribution in [3.63, 3.8) is 0 Å². The van der Waals surface area contributed by atoms with E-state index in [0.717, 1.165) is 36.2 Å². The molecule has 41 heavy (non-hydrogen) atoms. The minimum absolute atomic E-state index is 0.244. The van der Waals surface area contributed by atoms with Crippen LogP contribution in [0.15, 0.2) is 53.7 Å². The zero-order chi connectivity index (χ0) is 28.7. The molecule has 212 valence electrons. The van der Waals surface area contributed by atoms with Gasteiger partial charge in [-0.3, -0.25) is 4.98 Å². The Morgan fingerprint density at radius 2 is 1.90 bits per heavy atom. The minimum Gasteiger partial charge on any atom is -0.361 e. The Bertz CT molecular complexity index is 1740. The van der Waals surface area contributed by atoms with Crippen molar-refractivity contribution < 1.29 is 9.13 Å². The van der Waals surface area contributed by atoms with Gasteiger partial charge in [0.15, 0.2) is 0 Å². The average molecular weight is 656 g/mol. The average Bonchev–Trinajstić information content (AvgIpc) is 3.53. The van der Waals surface area contributed by atoms with Crippen molar-refractivity contribution in [2.75, 3.05) is 18.1 Å². The molecule has 0 radical (unpaired) electrons. The second-order valence-corrected chi connectivity index (χ2v) is 18.0. The van der Waals surface area contributed by atoms with E-state index in [1.165, 1.54) is 12.1 Å². The zero-order valence-corrected chi connectivity index (χ0v) is 26.3. The van der Waals surface area contributed by atoms with Gasteiger partial charge in [0, 0.05) is 31.8 Å². The fourth-order valence-electron chi connectivity index (χ4n) is 4.80. The van der Waals surface area contributed by atoms with E-state index in [1.807, 2.05) is 33.6 Å². The Hall–Kier alpha value is -3.19. The molecule has 0 amide bonds. The molecular formula is C28H29BrClFN8OSi. The molecule has 1 aliphatic rings.